The minimum absolute atomic E-state index is 0.00778. The quantitative estimate of drug-likeness (QED) is 0.815. The molecular weight excluding hydrogens is 302 g/mol. The predicted octanol–water partition coefficient (Wildman–Crippen LogP) is 3.17. The Morgan fingerprint density at radius 1 is 1.00 bits per heavy atom. The number of nitrogens with one attached hydrogen (secondary N) is 2. The van der Waals surface area contributed by atoms with Gasteiger partial charge in [-0.05, 0) is 71.2 Å². The fourth-order valence-electron chi connectivity index (χ4n) is 2.74. The van der Waals surface area contributed by atoms with Gasteiger partial charge in [0.25, 0.3) is 0 Å². The maximum atomic E-state index is 12.5. The van der Waals surface area contributed by atoms with Gasteiger partial charge in [0.1, 0.15) is 5.41 Å². The molecule has 0 atom stereocenters. The van der Waals surface area contributed by atoms with Gasteiger partial charge in [-0.15, -0.1) is 0 Å². The Morgan fingerprint density at radius 3 is 2.12 bits per heavy atom. The van der Waals surface area contributed by atoms with Crippen LogP contribution in [0.15, 0.2) is 24.3 Å². The summed E-state index contributed by atoms with van der Waals surface area (Å²) < 4.78 is 0. The molecule has 5 nitrogen and oxygen atoms in total. The Labute approximate surface area is 144 Å². The summed E-state index contributed by atoms with van der Waals surface area (Å²) in [6.07, 6.45) is 3.77. The van der Waals surface area contributed by atoms with Crippen LogP contribution in [0.2, 0.25) is 0 Å². The first-order chi connectivity index (χ1) is 11.3. The molecule has 132 valence electrons. The number of piperidine rings is 1. The summed E-state index contributed by atoms with van der Waals surface area (Å²) in [5.74, 6) is -0.564. The zero-order chi connectivity index (χ0) is 17.7. The van der Waals surface area contributed by atoms with Gasteiger partial charge >= 0.3 is 0 Å². The molecule has 1 heterocycles. The van der Waals surface area contributed by atoms with Crippen LogP contribution in [0.1, 0.15) is 47.0 Å². The van der Waals surface area contributed by atoms with E-state index in [1.54, 1.807) is 13.8 Å². The third kappa shape index (κ3) is 4.49. The van der Waals surface area contributed by atoms with Crippen LogP contribution in [-0.2, 0) is 9.59 Å². The van der Waals surface area contributed by atoms with Crippen LogP contribution in [0.3, 0.4) is 0 Å². The second-order valence-electron chi connectivity index (χ2n) is 7.30. The Morgan fingerprint density at radius 2 is 1.58 bits per heavy atom. The van der Waals surface area contributed by atoms with Crippen molar-refractivity contribution in [2.24, 2.45) is 5.41 Å². The smallest absolute Gasteiger partial charge is 0.239 e. The number of nitrogens with zero attached hydrogens (tertiary/aromatic N) is 1. The highest BCUT2D eigenvalue weighted by molar-refractivity contribution is 6.09. The Bertz CT molecular complexity index is 573. The second-order valence-corrected chi connectivity index (χ2v) is 7.30. The van der Waals surface area contributed by atoms with E-state index in [9.17, 15) is 9.59 Å². The van der Waals surface area contributed by atoms with Gasteiger partial charge in [0, 0.05) is 30.5 Å². The molecule has 2 N–H and O–H groups in total. The monoisotopic (exact) mass is 331 g/mol. The van der Waals surface area contributed by atoms with Crippen molar-refractivity contribution in [2.75, 3.05) is 23.3 Å². The number of amides is 2. The molecule has 0 spiro atoms. The first kappa shape index (κ1) is 18.3. The number of anilines is 2. The van der Waals surface area contributed by atoms with E-state index >= 15 is 0 Å². The SMILES string of the molecule is CC(C)NC(=O)C(C)(C)C(=O)Nc1ccc(N2CCCCC2)cc1. The highest BCUT2D eigenvalue weighted by Gasteiger charge is 2.36. The minimum atomic E-state index is -1.12. The van der Waals surface area contributed by atoms with E-state index in [2.05, 4.69) is 15.5 Å². The second kappa shape index (κ2) is 7.69. The van der Waals surface area contributed by atoms with E-state index in [0.29, 0.717) is 5.69 Å². The summed E-state index contributed by atoms with van der Waals surface area (Å²) in [5.41, 5.74) is 0.784. The van der Waals surface area contributed by atoms with Crippen molar-refractivity contribution in [1.29, 1.82) is 0 Å². The highest BCUT2D eigenvalue weighted by Crippen LogP contribution is 2.24. The lowest BCUT2D eigenvalue weighted by Gasteiger charge is -2.29. The Balaban J connectivity index is 1.99. The van der Waals surface area contributed by atoms with Gasteiger partial charge in [-0.25, -0.2) is 0 Å². The van der Waals surface area contributed by atoms with Crippen LogP contribution in [0.5, 0.6) is 0 Å². The first-order valence-corrected chi connectivity index (χ1v) is 8.78. The van der Waals surface area contributed by atoms with Crippen LogP contribution in [0.25, 0.3) is 0 Å². The van der Waals surface area contributed by atoms with Gasteiger partial charge in [0.05, 0.1) is 0 Å². The minimum Gasteiger partial charge on any atom is -0.372 e. The van der Waals surface area contributed by atoms with Crippen molar-refractivity contribution in [3.63, 3.8) is 0 Å². The van der Waals surface area contributed by atoms with E-state index in [0.717, 1.165) is 13.1 Å². The molecule has 0 aliphatic carbocycles. The number of rotatable bonds is 5. The van der Waals surface area contributed by atoms with Crippen LogP contribution < -0.4 is 15.5 Å². The van der Waals surface area contributed by atoms with Crippen molar-refractivity contribution in [2.45, 2.75) is 53.0 Å². The average molecular weight is 331 g/mol. The Kier molecular flexibility index (Phi) is 5.86. The summed E-state index contributed by atoms with van der Waals surface area (Å²) in [6.45, 7) is 9.23. The molecule has 1 fully saturated rings. The molecule has 1 aromatic rings. The van der Waals surface area contributed by atoms with Crippen LogP contribution >= 0.6 is 0 Å². The normalized spacial score (nSPS) is 15.3. The molecule has 1 aromatic carbocycles. The van der Waals surface area contributed by atoms with Crippen LogP contribution in [0.4, 0.5) is 11.4 Å². The van der Waals surface area contributed by atoms with E-state index in [4.69, 9.17) is 0 Å². The third-order valence-electron chi connectivity index (χ3n) is 4.40. The summed E-state index contributed by atoms with van der Waals surface area (Å²) in [7, 11) is 0. The number of carbonyl (C=O) groups is 2. The number of benzene rings is 1. The third-order valence-corrected chi connectivity index (χ3v) is 4.40. The number of hydrogen-bond donors (Lipinski definition) is 2. The summed E-state index contributed by atoms with van der Waals surface area (Å²) in [6, 6.07) is 7.87. The van der Waals surface area contributed by atoms with Crippen molar-refractivity contribution in [3.05, 3.63) is 24.3 Å². The fraction of sp³-hybridized carbons (Fsp3) is 0.579. The Hall–Kier alpha value is -2.04. The van der Waals surface area contributed by atoms with Gasteiger partial charge in [0.15, 0.2) is 0 Å². The molecule has 1 saturated heterocycles. The molecule has 1 aliphatic rings. The van der Waals surface area contributed by atoms with Crippen molar-refractivity contribution in [3.8, 4) is 0 Å². The van der Waals surface area contributed by atoms with E-state index in [1.165, 1.54) is 24.9 Å². The zero-order valence-corrected chi connectivity index (χ0v) is 15.2. The van der Waals surface area contributed by atoms with Gasteiger partial charge in [-0.1, -0.05) is 0 Å². The molecule has 5 heteroatoms. The van der Waals surface area contributed by atoms with Crippen molar-refractivity contribution < 1.29 is 9.59 Å². The van der Waals surface area contributed by atoms with Crippen LogP contribution in [-0.4, -0.2) is 30.9 Å². The highest BCUT2D eigenvalue weighted by atomic mass is 16.2. The average Bonchev–Trinajstić information content (AvgIpc) is 2.55. The maximum Gasteiger partial charge on any atom is 0.239 e. The molecule has 0 aromatic heterocycles. The first-order valence-electron chi connectivity index (χ1n) is 8.78. The number of carbonyl (C=O) groups excluding carboxylic acids is 2. The van der Waals surface area contributed by atoms with Gasteiger partial charge in [0.2, 0.25) is 11.8 Å². The molecule has 0 saturated carbocycles. The predicted molar refractivity (Wildman–Crippen MR) is 98.2 cm³/mol. The maximum absolute atomic E-state index is 12.5. The molecule has 0 unspecified atom stereocenters. The van der Waals surface area contributed by atoms with E-state index in [-0.39, 0.29) is 17.9 Å². The fourth-order valence-corrected chi connectivity index (χ4v) is 2.74. The van der Waals surface area contributed by atoms with Crippen molar-refractivity contribution in [1.82, 2.24) is 5.32 Å². The summed E-state index contributed by atoms with van der Waals surface area (Å²) >= 11 is 0. The molecule has 24 heavy (non-hydrogen) atoms. The van der Waals surface area contributed by atoms with Crippen LogP contribution in [0, 0.1) is 5.41 Å². The lowest BCUT2D eigenvalue weighted by Crippen LogP contribution is -2.47. The summed E-state index contributed by atoms with van der Waals surface area (Å²) in [4.78, 5) is 27.0. The summed E-state index contributed by atoms with van der Waals surface area (Å²) in [5, 5.41) is 5.64. The van der Waals surface area contributed by atoms with Gasteiger partial charge in [-0.3, -0.25) is 9.59 Å². The molecule has 2 rings (SSSR count). The van der Waals surface area contributed by atoms with E-state index in [1.807, 2.05) is 38.1 Å². The van der Waals surface area contributed by atoms with Gasteiger partial charge in [-0.2, -0.15) is 0 Å². The largest absolute Gasteiger partial charge is 0.372 e. The molecule has 2 amide bonds. The zero-order valence-electron chi connectivity index (χ0n) is 15.2. The standard InChI is InChI=1S/C19H29N3O2/c1-14(2)20-17(23)19(3,4)18(24)21-15-8-10-16(11-9-15)22-12-6-5-7-13-22/h8-11,14H,5-7,12-13H2,1-4H3,(H,20,23)(H,21,24). The molecular formula is C19H29N3O2. The number of hydrogen-bond acceptors (Lipinski definition) is 3. The molecule has 1 aliphatic heterocycles. The van der Waals surface area contributed by atoms with Gasteiger partial charge < -0.3 is 15.5 Å². The van der Waals surface area contributed by atoms with E-state index < -0.39 is 5.41 Å². The topological polar surface area (TPSA) is 61.4 Å². The molecule has 0 radical (unpaired) electrons. The lowest BCUT2D eigenvalue weighted by atomic mass is 9.90. The lowest BCUT2D eigenvalue weighted by molar-refractivity contribution is -0.138. The van der Waals surface area contributed by atoms with Crippen molar-refractivity contribution >= 4 is 23.2 Å². The molecule has 0 bridgehead atoms.